The first-order chi connectivity index (χ1) is 8.78. The minimum atomic E-state index is -0.173. The van der Waals surface area contributed by atoms with Gasteiger partial charge in [-0.2, -0.15) is 0 Å². The van der Waals surface area contributed by atoms with E-state index in [4.69, 9.17) is 0 Å². The Morgan fingerprint density at radius 1 is 1.21 bits per heavy atom. The third-order valence-electron chi connectivity index (χ3n) is 3.05. The highest BCUT2D eigenvalue weighted by atomic mass is 19.1. The first-order valence-corrected chi connectivity index (χ1v) is 6.95. The van der Waals surface area contributed by atoms with Crippen LogP contribution in [-0.4, -0.2) is 31.1 Å². The van der Waals surface area contributed by atoms with Gasteiger partial charge in [-0.1, -0.05) is 39.8 Å². The van der Waals surface area contributed by atoms with Crippen LogP contribution in [0, 0.1) is 11.2 Å². The van der Waals surface area contributed by atoms with E-state index in [9.17, 15) is 4.39 Å². The van der Waals surface area contributed by atoms with Crippen molar-refractivity contribution < 1.29 is 4.39 Å². The number of nitrogens with one attached hydrogen (secondary N) is 1. The highest BCUT2D eigenvalue weighted by Gasteiger charge is 2.20. The van der Waals surface area contributed by atoms with Crippen molar-refractivity contribution in [2.24, 2.45) is 5.41 Å². The van der Waals surface area contributed by atoms with Gasteiger partial charge in [0.15, 0.2) is 0 Å². The van der Waals surface area contributed by atoms with E-state index < -0.39 is 0 Å². The molecular formula is C16H27FN2. The molecule has 0 atom stereocenters. The predicted octanol–water partition coefficient (Wildman–Crippen LogP) is 3.28. The minimum Gasteiger partial charge on any atom is -0.314 e. The molecule has 0 aliphatic heterocycles. The number of nitrogens with zero attached hydrogens (tertiary/aromatic N) is 1. The number of hydrogen-bond acceptors (Lipinski definition) is 2. The van der Waals surface area contributed by atoms with E-state index in [2.05, 4.69) is 45.0 Å². The van der Waals surface area contributed by atoms with Crippen LogP contribution in [-0.2, 0) is 6.54 Å². The summed E-state index contributed by atoms with van der Waals surface area (Å²) in [4.78, 5) is 2.29. The zero-order chi connectivity index (χ0) is 14.5. The van der Waals surface area contributed by atoms with E-state index in [1.54, 1.807) is 0 Å². The highest BCUT2D eigenvalue weighted by Crippen LogP contribution is 2.17. The van der Waals surface area contributed by atoms with Crippen LogP contribution in [0.3, 0.4) is 0 Å². The molecule has 1 aromatic rings. The fraction of sp³-hybridized carbons (Fsp3) is 0.625. The van der Waals surface area contributed by atoms with Crippen LogP contribution < -0.4 is 5.32 Å². The molecular weight excluding hydrogens is 239 g/mol. The number of halogens is 1. The molecule has 1 aromatic carbocycles. The van der Waals surface area contributed by atoms with Crippen LogP contribution in [0.4, 0.5) is 4.39 Å². The van der Waals surface area contributed by atoms with Gasteiger partial charge in [-0.05, 0) is 30.2 Å². The topological polar surface area (TPSA) is 15.3 Å². The van der Waals surface area contributed by atoms with E-state index in [0.717, 1.165) is 25.2 Å². The van der Waals surface area contributed by atoms with E-state index in [-0.39, 0.29) is 11.2 Å². The molecule has 0 aliphatic carbocycles. The molecule has 0 aromatic heterocycles. The molecule has 0 saturated carbocycles. The lowest BCUT2D eigenvalue weighted by Gasteiger charge is -2.31. The summed E-state index contributed by atoms with van der Waals surface area (Å²) in [7, 11) is 2.11. The minimum absolute atomic E-state index is 0.173. The summed E-state index contributed by atoms with van der Waals surface area (Å²) in [6.07, 6.45) is 0. The second kappa shape index (κ2) is 7.01. The van der Waals surface area contributed by atoms with Crippen molar-refractivity contribution in [3.05, 3.63) is 35.6 Å². The maximum Gasteiger partial charge on any atom is 0.123 e. The molecule has 0 heterocycles. The van der Waals surface area contributed by atoms with Gasteiger partial charge in [0.25, 0.3) is 0 Å². The van der Waals surface area contributed by atoms with Gasteiger partial charge in [0.1, 0.15) is 5.82 Å². The van der Waals surface area contributed by atoms with E-state index in [0.29, 0.717) is 6.04 Å². The molecule has 0 bridgehead atoms. The van der Waals surface area contributed by atoms with E-state index >= 15 is 0 Å². The van der Waals surface area contributed by atoms with Crippen LogP contribution in [0.25, 0.3) is 0 Å². The largest absolute Gasteiger partial charge is 0.314 e. The molecule has 0 fully saturated rings. The Morgan fingerprint density at radius 2 is 1.79 bits per heavy atom. The number of hydrogen-bond donors (Lipinski definition) is 1. The Morgan fingerprint density at radius 3 is 2.32 bits per heavy atom. The standard InChI is InChI=1S/C16H27FN2/c1-13(2)18-11-16(3,4)12-19(5)10-14-6-8-15(17)9-7-14/h6-9,13,18H,10-12H2,1-5H3. The van der Waals surface area contributed by atoms with Gasteiger partial charge in [0, 0.05) is 25.7 Å². The monoisotopic (exact) mass is 266 g/mol. The Bertz CT molecular complexity index is 371. The maximum atomic E-state index is 12.8. The third-order valence-corrected chi connectivity index (χ3v) is 3.05. The lowest BCUT2D eigenvalue weighted by molar-refractivity contribution is 0.195. The Hall–Kier alpha value is -0.930. The van der Waals surface area contributed by atoms with Gasteiger partial charge >= 0.3 is 0 Å². The first-order valence-electron chi connectivity index (χ1n) is 6.95. The molecule has 0 aliphatic rings. The molecule has 1 N–H and O–H groups in total. The third kappa shape index (κ3) is 6.69. The van der Waals surface area contributed by atoms with Crippen molar-refractivity contribution in [2.45, 2.75) is 40.3 Å². The smallest absolute Gasteiger partial charge is 0.123 e. The molecule has 0 unspecified atom stereocenters. The van der Waals surface area contributed by atoms with Crippen LogP contribution in [0.1, 0.15) is 33.3 Å². The Labute approximate surface area is 117 Å². The van der Waals surface area contributed by atoms with Crippen molar-refractivity contribution in [3.8, 4) is 0 Å². The molecule has 0 amide bonds. The van der Waals surface area contributed by atoms with Crippen LogP contribution in [0.15, 0.2) is 24.3 Å². The SMILES string of the molecule is CC(C)NCC(C)(C)CN(C)Cc1ccc(F)cc1. The molecule has 0 radical (unpaired) electrons. The normalized spacial score (nSPS) is 12.4. The van der Waals surface area contributed by atoms with E-state index in [1.807, 2.05) is 12.1 Å². The summed E-state index contributed by atoms with van der Waals surface area (Å²) in [5, 5.41) is 3.49. The summed E-state index contributed by atoms with van der Waals surface area (Å²) in [6.45, 7) is 11.7. The predicted molar refractivity (Wildman–Crippen MR) is 79.7 cm³/mol. The van der Waals surface area contributed by atoms with Gasteiger partial charge in [0.05, 0.1) is 0 Å². The van der Waals surface area contributed by atoms with Crippen LogP contribution in [0.5, 0.6) is 0 Å². The molecule has 0 spiro atoms. The molecule has 108 valence electrons. The van der Waals surface area contributed by atoms with Crippen molar-refractivity contribution in [1.29, 1.82) is 0 Å². The van der Waals surface area contributed by atoms with Crippen molar-refractivity contribution in [2.75, 3.05) is 20.1 Å². The second-order valence-corrected chi connectivity index (χ2v) is 6.50. The summed E-state index contributed by atoms with van der Waals surface area (Å²) in [5.74, 6) is -0.173. The van der Waals surface area contributed by atoms with Crippen molar-refractivity contribution >= 4 is 0 Å². The first kappa shape index (κ1) is 16.1. The van der Waals surface area contributed by atoms with Gasteiger partial charge in [-0.3, -0.25) is 0 Å². The van der Waals surface area contributed by atoms with Gasteiger partial charge < -0.3 is 10.2 Å². The summed E-state index contributed by atoms with van der Waals surface area (Å²) in [5.41, 5.74) is 1.37. The average Bonchev–Trinajstić information content (AvgIpc) is 2.29. The van der Waals surface area contributed by atoms with E-state index in [1.165, 1.54) is 12.1 Å². The second-order valence-electron chi connectivity index (χ2n) is 6.50. The molecule has 2 nitrogen and oxygen atoms in total. The number of rotatable bonds is 7. The Balaban J connectivity index is 2.45. The molecule has 3 heteroatoms. The van der Waals surface area contributed by atoms with Crippen LogP contribution >= 0.6 is 0 Å². The highest BCUT2D eigenvalue weighted by molar-refractivity contribution is 5.15. The van der Waals surface area contributed by atoms with Crippen molar-refractivity contribution in [3.63, 3.8) is 0 Å². The van der Waals surface area contributed by atoms with Gasteiger partial charge in [-0.25, -0.2) is 4.39 Å². The summed E-state index contributed by atoms with van der Waals surface area (Å²) in [6, 6.07) is 7.27. The lowest BCUT2D eigenvalue weighted by Crippen LogP contribution is -2.40. The zero-order valence-corrected chi connectivity index (χ0v) is 12.8. The Kier molecular flexibility index (Phi) is 5.95. The zero-order valence-electron chi connectivity index (χ0n) is 12.8. The average molecular weight is 266 g/mol. The summed E-state index contributed by atoms with van der Waals surface area (Å²) >= 11 is 0. The van der Waals surface area contributed by atoms with Crippen LogP contribution in [0.2, 0.25) is 0 Å². The maximum absolute atomic E-state index is 12.8. The lowest BCUT2D eigenvalue weighted by atomic mass is 9.92. The van der Waals surface area contributed by atoms with Gasteiger partial charge in [-0.15, -0.1) is 0 Å². The molecule has 0 saturated heterocycles. The number of benzene rings is 1. The quantitative estimate of drug-likeness (QED) is 0.815. The fourth-order valence-electron chi connectivity index (χ4n) is 2.22. The summed E-state index contributed by atoms with van der Waals surface area (Å²) < 4.78 is 12.8. The van der Waals surface area contributed by atoms with Gasteiger partial charge in [0.2, 0.25) is 0 Å². The molecule has 1 rings (SSSR count). The molecule has 19 heavy (non-hydrogen) atoms. The van der Waals surface area contributed by atoms with Crippen molar-refractivity contribution in [1.82, 2.24) is 10.2 Å². The fourth-order valence-corrected chi connectivity index (χ4v) is 2.22.